The van der Waals surface area contributed by atoms with Gasteiger partial charge < -0.3 is 9.47 Å². The minimum absolute atomic E-state index is 1.10. The van der Waals surface area contributed by atoms with Crippen LogP contribution >= 0.6 is 0 Å². The van der Waals surface area contributed by atoms with E-state index in [-0.39, 0.29) is 0 Å². The van der Waals surface area contributed by atoms with Gasteiger partial charge in [0.2, 0.25) is 0 Å². The third-order valence-corrected chi connectivity index (χ3v) is 10.8. The van der Waals surface area contributed by atoms with Gasteiger partial charge in [-0.25, -0.2) is 0 Å². The standard InChI is InChI=1S/C54H38N2/c1-3-16-39(17-4-1)44-20-15-21-46(38-44)55(51-26-11-7-22-47(51)42-18-5-2-6-19-42)45-36-34-41(35-37-45)40-30-32-43(33-31-40)48-23-8-12-27-52(48)56-53-28-13-9-24-49(53)50-25-10-14-29-54(50)56/h1-38H. The van der Waals surface area contributed by atoms with E-state index in [1.807, 2.05) is 0 Å². The molecular weight excluding hydrogens is 677 g/mol. The van der Waals surface area contributed by atoms with Crippen LogP contribution in [0.3, 0.4) is 0 Å². The fraction of sp³-hybridized carbons (Fsp3) is 0. The molecule has 9 aromatic carbocycles. The Hall–Kier alpha value is -7.42. The maximum Gasteiger partial charge on any atom is 0.0541 e. The molecule has 0 N–H and O–H groups in total. The zero-order valence-corrected chi connectivity index (χ0v) is 30.8. The summed E-state index contributed by atoms with van der Waals surface area (Å²) in [6, 6.07) is 82.9. The number of hydrogen-bond acceptors (Lipinski definition) is 1. The predicted molar refractivity (Wildman–Crippen MR) is 237 cm³/mol. The van der Waals surface area contributed by atoms with E-state index in [0.29, 0.717) is 0 Å². The molecule has 0 amide bonds. The van der Waals surface area contributed by atoms with Gasteiger partial charge in [0.1, 0.15) is 0 Å². The van der Waals surface area contributed by atoms with E-state index in [4.69, 9.17) is 0 Å². The average molecular weight is 715 g/mol. The molecule has 0 bridgehead atoms. The maximum atomic E-state index is 2.41. The first-order valence-electron chi connectivity index (χ1n) is 19.2. The molecule has 0 atom stereocenters. The van der Waals surface area contributed by atoms with Crippen molar-refractivity contribution in [3.8, 4) is 50.2 Å². The molecule has 0 aliphatic rings. The van der Waals surface area contributed by atoms with Crippen molar-refractivity contribution in [1.29, 1.82) is 0 Å². The van der Waals surface area contributed by atoms with Crippen LogP contribution in [0.15, 0.2) is 231 Å². The molecule has 264 valence electrons. The Morgan fingerprint density at radius 1 is 0.286 bits per heavy atom. The van der Waals surface area contributed by atoms with Crippen molar-refractivity contribution in [2.45, 2.75) is 0 Å². The summed E-state index contributed by atoms with van der Waals surface area (Å²) in [4.78, 5) is 2.38. The molecule has 0 fully saturated rings. The SMILES string of the molecule is c1ccc(-c2cccc(N(c3ccc(-c4ccc(-c5ccccc5-n5c6ccccc6c6ccccc65)cc4)cc3)c3ccccc3-c3ccccc3)c2)cc1. The molecule has 56 heavy (non-hydrogen) atoms. The number of para-hydroxylation sites is 4. The summed E-state index contributed by atoms with van der Waals surface area (Å²) in [5, 5.41) is 2.53. The zero-order chi connectivity index (χ0) is 37.3. The van der Waals surface area contributed by atoms with Crippen LogP contribution in [0.4, 0.5) is 17.1 Å². The third kappa shape index (κ3) is 6.04. The molecule has 10 rings (SSSR count). The van der Waals surface area contributed by atoms with Crippen molar-refractivity contribution in [1.82, 2.24) is 4.57 Å². The smallest absolute Gasteiger partial charge is 0.0541 e. The monoisotopic (exact) mass is 714 g/mol. The number of nitrogens with zero attached hydrogens (tertiary/aromatic N) is 2. The van der Waals surface area contributed by atoms with Crippen molar-refractivity contribution in [3.63, 3.8) is 0 Å². The Labute approximate surface area is 327 Å². The Morgan fingerprint density at radius 2 is 0.750 bits per heavy atom. The van der Waals surface area contributed by atoms with Gasteiger partial charge in [-0.1, -0.05) is 182 Å². The van der Waals surface area contributed by atoms with Gasteiger partial charge in [0.05, 0.1) is 22.4 Å². The van der Waals surface area contributed by atoms with Gasteiger partial charge in [0, 0.05) is 33.3 Å². The van der Waals surface area contributed by atoms with Gasteiger partial charge >= 0.3 is 0 Å². The quantitative estimate of drug-likeness (QED) is 0.152. The molecule has 0 radical (unpaired) electrons. The normalized spacial score (nSPS) is 11.2. The summed E-state index contributed by atoms with van der Waals surface area (Å²) in [5.41, 5.74) is 16.4. The predicted octanol–water partition coefficient (Wildman–Crippen LogP) is 14.9. The number of aromatic nitrogens is 1. The Morgan fingerprint density at radius 3 is 1.43 bits per heavy atom. The lowest BCUT2D eigenvalue weighted by Gasteiger charge is -2.28. The van der Waals surface area contributed by atoms with E-state index >= 15 is 0 Å². The number of benzene rings is 9. The second-order valence-corrected chi connectivity index (χ2v) is 14.1. The highest BCUT2D eigenvalue weighted by Crippen LogP contribution is 2.43. The largest absolute Gasteiger partial charge is 0.310 e. The van der Waals surface area contributed by atoms with Crippen molar-refractivity contribution in [2.24, 2.45) is 0 Å². The van der Waals surface area contributed by atoms with E-state index in [2.05, 4.69) is 240 Å². The van der Waals surface area contributed by atoms with E-state index in [9.17, 15) is 0 Å². The van der Waals surface area contributed by atoms with Gasteiger partial charge in [0.25, 0.3) is 0 Å². The van der Waals surface area contributed by atoms with Gasteiger partial charge in [-0.15, -0.1) is 0 Å². The van der Waals surface area contributed by atoms with E-state index in [0.717, 1.165) is 17.1 Å². The van der Waals surface area contributed by atoms with E-state index in [1.54, 1.807) is 0 Å². The minimum Gasteiger partial charge on any atom is -0.310 e. The number of rotatable bonds is 8. The van der Waals surface area contributed by atoms with Crippen molar-refractivity contribution < 1.29 is 0 Å². The third-order valence-electron chi connectivity index (χ3n) is 10.8. The van der Waals surface area contributed by atoms with Crippen LogP contribution in [0.5, 0.6) is 0 Å². The first-order chi connectivity index (χ1) is 27.8. The molecule has 0 spiro atoms. The second kappa shape index (κ2) is 14.4. The highest BCUT2D eigenvalue weighted by atomic mass is 15.1. The van der Waals surface area contributed by atoms with Crippen LogP contribution < -0.4 is 4.90 Å². The maximum absolute atomic E-state index is 2.41. The molecule has 2 heteroatoms. The Balaban J connectivity index is 1.02. The topological polar surface area (TPSA) is 8.17 Å². The molecule has 2 nitrogen and oxygen atoms in total. The van der Waals surface area contributed by atoms with Crippen LogP contribution in [0.2, 0.25) is 0 Å². The summed E-state index contributed by atoms with van der Waals surface area (Å²) < 4.78 is 2.41. The van der Waals surface area contributed by atoms with Gasteiger partial charge in [-0.3, -0.25) is 0 Å². The van der Waals surface area contributed by atoms with Crippen molar-refractivity contribution >= 4 is 38.9 Å². The van der Waals surface area contributed by atoms with Gasteiger partial charge in [0.15, 0.2) is 0 Å². The lowest BCUT2D eigenvalue weighted by atomic mass is 9.98. The Bertz CT molecular complexity index is 2890. The summed E-state index contributed by atoms with van der Waals surface area (Å²) in [7, 11) is 0. The molecule has 0 aliphatic carbocycles. The van der Waals surface area contributed by atoms with Crippen LogP contribution in [0, 0.1) is 0 Å². The fourth-order valence-corrected chi connectivity index (χ4v) is 8.15. The summed E-state index contributed by atoms with van der Waals surface area (Å²) in [5.74, 6) is 0. The summed E-state index contributed by atoms with van der Waals surface area (Å²) in [6.45, 7) is 0. The molecule has 1 aromatic heterocycles. The van der Waals surface area contributed by atoms with Crippen LogP contribution in [-0.4, -0.2) is 4.57 Å². The highest BCUT2D eigenvalue weighted by molar-refractivity contribution is 6.09. The van der Waals surface area contributed by atoms with E-state index in [1.165, 1.54) is 72.0 Å². The average Bonchev–Trinajstić information content (AvgIpc) is 3.62. The van der Waals surface area contributed by atoms with Crippen LogP contribution in [-0.2, 0) is 0 Å². The van der Waals surface area contributed by atoms with Crippen LogP contribution in [0.25, 0.3) is 72.0 Å². The van der Waals surface area contributed by atoms with Crippen molar-refractivity contribution in [3.05, 3.63) is 231 Å². The van der Waals surface area contributed by atoms with Gasteiger partial charge in [-0.05, 0) is 81.9 Å². The zero-order valence-electron chi connectivity index (χ0n) is 30.8. The minimum atomic E-state index is 1.10. The molecule has 0 unspecified atom stereocenters. The Kier molecular flexibility index (Phi) is 8.55. The first kappa shape index (κ1) is 33.2. The fourth-order valence-electron chi connectivity index (χ4n) is 8.15. The number of fused-ring (bicyclic) bond motifs is 3. The lowest BCUT2D eigenvalue weighted by molar-refractivity contribution is 1.18. The molecule has 0 saturated heterocycles. The van der Waals surface area contributed by atoms with Crippen molar-refractivity contribution in [2.75, 3.05) is 4.90 Å². The highest BCUT2D eigenvalue weighted by Gasteiger charge is 2.19. The second-order valence-electron chi connectivity index (χ2n) is 14.1. The molecule has 0 saturated carbocycles. The molecule has 1 heterocycles. The first-order valence-corrected chi connectivity index (χ1v) is 19.2. The van der Waals surface area contributed by atoms with E-state index < -0.39 is 0 Å². The number of hydrogen-bond donors (Lipinski definition) is 0. The summed E-state index contributed by atoms with van der Waals surface area (Å²) >= 11 is 0. The summed E-state index contributed by atoms with van der Waals surface area (Å²) in [6.07, 6.45) is 0. The number of anilines is 3. The lowest BCUT2D eigenvalue weighted by Crippen LogP contribution is -2.11. The molecule has 0 aliphatic heterocycles. The van der Waals surface area contributed by atoms with Crippen LogP contribution in [0.1, 0.15) is 0 Å². The molecular formula is C54H38N2. The van der Waals surface area contributed by atoms with Gasteiger partial charge in [-0.2, -0.15) is 0 Å². The molecule has 10 aromatic rings.